The quantitative estimate of drug-likeness (QED) is 0.628. The van der Waals surface area contributed by atoms with Gasteiger partial charge in [-0.3, -0.25) is 4.79 Å². The van der Waals surface area contributed by atoms with Gasteiger partial charge in [0.25, 0.3) is 0 Å². The summed E-state index contributed by atoms with van der Waals surface area (Å²) >= 11 is 0. The summed E-state index contributed by atoms with van der Waals surface area (Å²) in [6, 6.07) is 7.76. The summed E-state index contributed by atoms with van der Waals surface area (Å²) in [5.74, 6) is 1.58. The van der Waals surface area contributed by atoms with Crippen LogP contribution in [0.25, 0.3) is 0 Å². The van der Waals surface area contributed by atoms with Crippen LogP contribution < -0.4 is 4.74 Å². The van der Waals surface area contributed by atoms with Gasteiger partial charge in [-0.05, 0) is 37.2 Å². The Bertz CT molecular complexity index is 535. The number of fused-ring (bicyclic) bond motifs is 1. The van der Waals surface area contributed by atoms with E-state index in [0.717, 1.165) is 24.2 Å². The highest BCUT2D eigenvalue weighted by Gasteiger charge is 2.29. The SMILES string of the molecule is CC1CC=CCC1COC(=O)C1CCOc2ccccc21. The Hall–Kier alpha value is -1.77. The predicted octanol–water partition coefficient (Wildman–Crippen LogP) is 3.70. The van der Waals surface area contributed by atoms with Crippen molar-refractivity contribution < 1.29 is 14.3 Å². The molecule has 3 rings (SSSR count). The van der Waals surface area contributed by atoms with Crippen LogP contribution in [0.5, 0.6) is 5.75 Å². The van der Waals surface area contributed by atoms with Crippen molar-refractivity contribution >= 4 is 5.97 Å². The van der Waals surface area contributed by atoms with Crippen LogP contribution in [0.4, 0.5) is 0 Å². The van der Waals surface area contributed by atoms with Crippen LogP contribution in [0.1, 0.15) is 37.7 Å². The third-order valence-corrected chi connectivity index (χ3v) is 4.60. The van der Waals surface area contributed by atoms with E-state index in [0.29, 0.717) is 31.5 Å². The Morgan fingerprint density at radius 2 is 2.10 bits per heavy atom. The summed E-state index contributed by atoms with van der Waals surface area (Å²) in [6.07, 6.45) is 7.22. The lowest BCUT2D eigenvalue weighted by Crippen LogP contribution is -2.27. The molecule has 0 saturated carbocycles. The Morgan fingerprint density at radius 1 is 1.29 bits per heavy atom. The zero-order valence-corrected chi connectivity index (χ0v) is 12.5. The molecule has 0 amide bonds. The van der Waals surface area contributed by atoms with E-state index in [1.807, 2.05) is 24.3 Å². The fourth-order valence-electron chi connectivity index (χ4n) is 3.12. The van der Waals surface area contributed by atoms with Crippen LogP contribution >= 0.6 is 0 Å². The van der Waals surface area contributed by atoms with Gasteiger partial charge in [0.1, 0.15) is 5.75 Å². The van der Waals surface area contributed by atoms with Crippen molar-refractivity contribution in [3.63, 3.8) is 0 Å². The second-order valence-electron chi connectivity index (χ2n) is 6.04. The number of hydrogen-bond donors (Lipinski definition) is 0. The molecule has 0 bridgehead atoms. The highest BCUT2D eigenvalue weighted by atomic mass is 16.5. The number of esters is 1. The second kappa shape index (κ2) is 6.33. The molecule has 0 N–H and O–H groups in total. The summed E-state index contributed by atoms with van der Waals surface area (Å²) in [4.78, 5) is 12.4. The first-order chi connectivity index (χ1) is 10.3. The van der Waals surface area contributed by atoms with Crippen molar-refractivity contribution in [1.29, 1.82) is 0 Å². The van der Waals surface area contributed by atoms with E-state index in [1.165, 1.54) is 0 Å². The fourth-order valence-corrected chi connectivity index (χ4v) is 3.12. The van der Waals surface area contributed by atoms with E-state index < -0.39 is 0 Å². The molecule has 3 atom stereocenters. The predicted molar refractivity (Wildman–Crippen MR) is 81.3 cm³/mol. The highest BCUT2D eigenvalue weighted by Crippen LogP contribution is 2.34. The number of benzene rings is 1. The van der Waals surface area contributed by atoms with Crippen LogP contribution in [-0.2, 0) is 9.53 Å². The standard InChI is InChI=1S/C18H22O3/c1-13-6-2-3-7-14(13)12-21-18(19)16-10-11-20-17-9-5-4-8-15(16)17/h2-5,8-9,13-14,16H,6-7,10-12H2,1H3. The maximum Gasteiger partial charge on any atom is 0.313 e. The van der Waals surface area contributed by atoms with E-state index in [4.69, 9.17) is 9.47 Å². The molecule has 3 heteroatoms. The molecule has 0 aromatic heterocycles. The van der Waals surface area contributed by atoms with Crippen LogP contribution in [-0.4, -0.2) is 19.2 Å². The van der Waals surface area contributed by atoms with Crippen molar-refractivity contribution in [3.8, 4) is 5.75 Å². The lowest BCUT2D eigenvalue weighted by Gasteiger charge is -2.27. The molecule has 0 radical (unpaired) electrons. The molecule has 1 aliphatic carbocycles. The highest BCUT2D eigenvalue weighted by molar-refractivity contribution is 5.79. The average Bonchev–Trinajstić information content (AvgIpc) is 2.53. The minimum atomic E-state index is -0.176. The molecule has 21 heavy (non-hydrogen) atoms. The normalized spacial score (nSPS) is 27.6. The van der Waals surface area contributed by atoms with Gasteiger partial charge >= 0.3 is 5.97 Å². The first-order valence-corrected chi connectivity index (χ1v) is 7.79. The fraction of sp³-hybridized carbons (Fsp3) is 0.500. The lowest BCUT2D eigenvalue weighted by molar-refractivity contribution is -0.148. The number of allylic oxidation sites excluding steroid dienone is 2. The van der Waals surface area contributed by atoms with Gasteiger partial charge in [0, 0.05) is 5.56 Å². The molecule has 1 aromatic carbocycles. The molecular formula is C18H22O3. The summed E-state index contributed by atoms with van der Waals surface area (Å²) < 4.78 is 11.2. The number of carbonyl (C=O) groups excluding carboxylic acids is 1. The molecule has 1 aromatic rings. The number of ether oxygens (including phenoxy) is 2. The molecular weight excluding hydrogens is 264 g/mol. The van der Waals surface area contributed by atoms with E-state index in [-0.39, 0.29) is 11.9 Å². The summed E-state index contributed by atoms with van der Waals surface area (Å²) in [5.41, 5.74) is 0.963. The Labute approximate surface area is 125 Å². The number of hydrogen-bond acceptors (Lipinski definition) is 3. The van der Waals surface area contributed by atoms with Gasteiger partial charge < -0.3 is 9.47 Å². The minimum absolute atomic E-state index is 0.104. The summed E-state index contributed by atoms with van der Waals surface area (Å²) in [7, 11) is 0. The molecule has 3 nitrogen and oxygen atoms in total. The first-order valence-electron chi connectivity index (χ1n) is 7.79. The topological polar surface area (TPSA) is 35.5 Å². The minimum Gasteiger partial charge on any atom is -0.493 e. The van der Waals surface area contributed by atoms with Gasteiger partial charge in [-0.15, -0.1) is 0 Å². The van der Waals surface area contributed by atoms with Gasteiger partial charge in [0.15, 0.2) is 0 Å². The first kappa shape index (κ1) is 14.2. The lowest BCUT2D eigenvalue weighted by atomic mass is 9.85. The average molecular weight is 286 g/mol. The summed E-state index contributed by atoms with van der Waals surface area (Å²) in [6.45, 7) is 3.34. The molecule has 1 aliphatic heterocycles. The molecule has 2 aliphatic rings. The number of rotatable bonds is 3. The van der Waals surface area contributed by atoms with Crippen LogP contribution in [0, 0.1) is 11.8 Å². The van der Waals surface area contributed by atoms with Crippen LogP contribution in [0.3, 0.4) is 0 Å². The van der Waals surface area contributed by atoms with Gasteiger partial charge in [0.05, 0.1) is 19.1 Å². The third-order valence-electron chi connectivity index (χ3n) is 4.60. The maximum atomic E-state index is 12.4. The van der Waals surface area contributed by atoms with Crippen molar-refractivity contribution in [2.24, 2.45) is 11.8 Å². The van der Waals surface area contributed by atoms with Gasteiger partial charge in [-0.25, -0.2) is 0 Å². The maximum absolute atomic E-state index is 12.4. The molecule has 0 spiro atoms. The van der Waals surface area contributed by atoms with Crippen LogP contribution in [0.2, 0.25) is 0 Å². The molecule has 3 unspecified atom stereocenters. The van der Waals surface area contributed by atoms with E-state index >= 15 is 0 Å². The number of para-hydroxylation sites is 1. The zero-order valence-electron chi connectivity index (χ0n) is 12.5. The van der Waals surface area contributed by atoms with E-state index in [2.05, 4.69) is 19.1 Å². The van der Waals surface area contributed by atoms with Gasteiger partial charge in [-0.1, -0.05) is 37.3 Å². The Morgan fingerprint density at radius 3 is 2.95 bits per heavy atom. The van der Waals surface area contributed by atoms with Gasteiger partial charge in [-0.2, -0.15) is 0 Å². The molecule has 0 saturated heterocycles. The van der Waals surface area contributed by atoms with Crippen molar-refractivity contribution in [1.82, 2.24) is 0 Å². The van der Waals surface area contributed by atoms with Crippen molar-refractivity contribution in [2.45, 2.75) is 32.1 Å². The van der Waals surface area contributed by atoms with E-state index in [1.54, 1.807) is 0 Å². The molecule has 0 fully saturated rings. The summed E-state index contributed by atoms with van der Waals surface area (Å²) in [5, 5.41) is 0. The Kier molecular flexibility index (Phi) is 4.28. The van der Waals surface area contributed by atoms with Gasteiger partial charge in [0.2, 0.25) is 0 Å². The monoisotopic (exact) mass is 286 g/mol. The Balaban J connectivity index is 1.63. The molecule has 112 valence electrons. The second-order valence-corrected chi connectivity index (χ2v) is 6.04. The molecule has 1 heterocycles. The zero-order chi connectivity index (χ0) is 14.7. The third kappa shape index (κ3) is 3.12. The van der Waals surface area contributed by atoms with Crippen LogP contribution in [0.15, 0.2) is 36.4 Å². The smallest absolute Gasteiger partial charge is 0.313 e. The van der Waals surface area contributed by atoms with Crippen molar-refractivity contribution in [2.75, 3.05) is 13.2 Å². The number of carbonyl (C=O) groups is 1. The van der Waals surface area contributed by atoms with E-state index in [9.17, 15) is 4.79 Å². The largest absolute Gasteiger partial charge is 0.493 e. The van der Waals surface area contributed by atoms with Crippen molar-refractivity contribution in [3.05, 3.63) is 42.0 Å².